The number of aliphatic hydroxyl groups is 3. The van der Waals surface area contributed by atoms with E-state index in [1.54, 1.807) is 6.08 Å². The molecule has 0 bridgehead atoms. The van der Waals surface area contributed by atoms with Crippen LogP contribution in [0.1, 0.15) is 309 Å². The van der Waals surface area contributed by atoms with Gasteiger partial charge in [-0.25, -0.2) is 0 Å². The molecule has 368 valence electrons. The van der Waals surface area contributed by atoms with Crippen LogP contribution < -0.4 is 5.32 Å². The van der Waals surface area contributed by atoms with Crippen molar-refractivity contribution in [1.82, 2.24) is 5.32 Å². The summed E-state index contributed by atoms with van der Waals surface area (Å²) in [4.78, 5) is 12.5. The fourth-order valence-corrected chi connectivity index (χ4v) is 8.91. The van der Waals surface area contributed by atoms with Crippen molar-refractivity contribution < 1.29 is 20.1 Å². The smallest absolute Gasteiger partial charge is 0.249 e. The molecule has 0 saturated heterocycles. The van der Waals surface area contributed by atoms with Crippen molar-refractivity contribution in [3.05, 3.63) is 24.3 Å². The van der Waals surface area contributed by atoms with E-state index in [4.69, 9.17) is 0 Å². The number of hydrogen-bond acceptors (Lipinski definition) is 4. The van der Waals surface area contributed by atoms with Crippen molar-refractivity contribution in [3.8, 4) is 0 Å². The Morgan fingerprint density at radius 1 is 0.387 bits per heavy atom. The molecule has 0 aromatic rings. The molecule has 0 saturated carbocycles. The molecule has 0 aromatic heterocycles. The van der Waals surface area contributed by atoms with Crippen molar-refractivity contribution >= 4 is 5.91 Å². The maximum atomic E-state index is 12.5. The zero-order valence-electron chi connectivity index (χ0n) is 42.0. The Labute approximate surface area is 388 Å². The molecular weight excluding hydrogens is 763 g/mol. The molecule has 62 heavy (non-hydrogen) atoms. The van der Waals surface area contributed by atoms with Gasteiger partial charge in [0.2, 0.25) is 5.91 Å². The van der Waals surface area contributed by atoms with Gasteiger partial charge in [0, 0.05) is 0 Å². The van der Waals surface area contributed by atoms with Crippen LogP contribution in [0, 0.1) is 0 Å². The van der Waals surface area contributed by atoms with E-state index in [1.807, 2.05) is 6.08 Å². The number of aliphatic hydroxyl groups excluding tert-OH is 3. The normalized spacial score (nSPS) is 13.4. The van der Waals surface area contributed by atoms with Crippen LogP contribution in [0.5, 0.6) is 0 Å². The molecule has 3 atom stereocenters. The third-order valence-corrected chi connectivity index (χ3v) is 13.3. The molecule has 4 N–H and O–H groups in total. The van der Waals surface area contributed by atoms with Gasteiger partial charge in [-0.3, -0.25) is 4.79 Å². The number of carbonyl (C=O) groups is 1. The van der Waals surface area contributed by atoms with Crippen LogP contribution in [-0.4, -0.2) is 46.1 Å². The number of rotatable bonds is 52. The Bertz CT molecular complexity index is 920. The van der Waals surface area contributed by atoms with Crippen LogP contribution in [0.3, 0.4) is 0 Å². The first-order valence-corrected chi connectivity index (χ1v) is 28.2. The highest BCUT2D eigenvalue weighted by atomic mass is 16.3. The predicted molar refractivity (Wildman–Crippen MR) is 273 cm³/mol. The summed E-state index contributed by atoms with van der Waals surface area (Å²) in [5.74, 6) is -0.506. The van der Waals surface area contributed by atoms with Crippen molar-refractivity contribution in [2.24, 2.45) is 0 Å². The van der Waals surface area contributed by atoms with Gasteiger partial charge in [-0.15, -0.1) is 0 Å². The Kier molecular flexibility index (Phi) is 51.5. The van der Waals surface area contributed by atoms with Gasteiger partial charge in [-0.1, -0.05) is 301 Å². The molecule has 3 unspecified atom stereocenters. The van der Waals surface area contributed by atoms with Crippen molar-refractivity contribution in [3.63, 3.8) is 0 Å². The van der Waals surface area contributed by atoms with Crippen LogP contribution in [-0.2, 0) is 4.79 Å². The predicted octanol–water partition coefficient (Wildman–Crippen LogP) is 17.3. The van der Waals surface area contributed by atoms with E-state index in [9.17, 15) is 20.1 Å². The van der Waals surface area contributed by atoms with Crippen LogP contribution in [0.2, 0.25) is 0 Å². The third-order valence-electron chi connectivity index (χ3n) is 13.3. The van der Waals surface area contributed by atoms with Crippen molar-refractivity contribution in [1.29, 1.82) is 0 Å². The summed E-state index contributed by atoms with van der Waals surface area (Å²) >= 11 is 0. The standard InChI is InChI=1S/C57H111NO4/c1-3-5-7-9-11-13-15-17-19-21-23-25-27-28-30-31-33-35-37-39-41-43-45-47-49-51-55(60)54(53-59)58-57(62)56(61)52-50-48-46-44-42-40-38-36-34-32-29-26-24-22-20-18-16-14-12-10-8-6-4-2/h41,43,49,51,54-56,59-61H,3-40,42,44-48,50,52-53H2,1-2H3,(H,58,62)/b43-41+,51-49+. The second-order valence-electron chi connectivity index (χ2n) is 19.5. The minimum Gasteiger partial charge on any atom is -0.394 e. The van der Waals surface area contributed by atoms with Crippen molar-refractivity contribution in [2.45, 2.75) is 327 Å². The lowest BCUT2D eigenvalue weighted by Crippen LogP contribution is -2.48. The Balaban J connectivity index is 3.59. The summed E-state index contributed by atoms with van der Waals surface area (Å²) in [5, 5.41) is 33.3. The molecule has 5 nitrogen and oxygen atoms in total. The molecule has 0 aromatic carbocycles. The summed E-state index contributed by atoms with van der Waals surface area (Å²) < 4.78 is 0. The molecule has 0 heterocycles. The molecule has 0 aliphatic carbocycles. The number of amides is 1. The zero-order chi connectivity index (χ0) is 45.1. The molecule has 0 fully saturated rings. The molecule has 0 rings (SSSR count). The van der Waals surface area contributed by atoms with Gasteiger partial charge in [0.05, 0.1) is 18.8 Å². The molecule has 1 amide bonds. The van der Waals surface area contributed by atoms with E-state index in [0.29, 0.717) is 6.42 Å². The SMILES string of the molecule is CCCCCCCCCCCCCCCCCCCCC/C=C/CC/C=C/C(O)C(CO)NC(=O)C(O)CCCCCCCCCCCCCCCCCCCCCCCCC. The summed E-state index contributed by atoms with van der Waals surface area (Å²) in [6.07, 6.45) is 66.9. The Morgan fingerprint density at radius 2 is 0.661 bits per heavy atom. The van der Waals surface area contributed by atoms with Gasteiger partial charge in [-0.2, -0.15) is 0 Å². The molecule has 0 aliphatic rings. The molecule has 0 radical (unpaired) electrons. The minimum atomic E-state index is -1.10. The van der Waals surface area contributed by atoms with E-state index < -0.39 is 24.2 Å². The lowest BCUT2D eigenvalue weighted by atomic mass is 10.0. The first-order chi connectivity index (χ1) is 30.6. The van der Waals surface area contributed by atoms with Crippen LogP contribution >= 0.6 is 0 Å². The van der Waals surface area contributed by atoms with E-state index in [2.05, 4.69) is 31.3 Å². The fourth-order valence-electron chi connectivity index (χ4n) is 8.91. The minimum absolute atomic E-state index is 0.372. The topological polar surface area (TPSA) is 89.8 Å². The summed E-state index contributed by atoms with van der Waals surface area (Å²) in [7, 11) is 0. The first kappa shape index (κ1) is 60.8. The van der Waals surface area contributed by atoms with Crippen molar-refractivity contribution in [2.75, 3.05) is 6.61 Å². The third kappa shape index (κ3) is 46.8. The highest BCUT2D eigenvalue weighted by Gasteiger charge is 2.22. The van der Waals surface area contributed by atoms with Gasteiger partial charge in [-0.05, 0) is 32.1 Å². The zero-order valence-corrected chi connectivity index (χ0v) is 42.0. The Hall–Kier alpha value is -1.17. The van der Waals surface area contributed by atoms with E-state index >= 15 is 0 Å². The lowest BCUT2D eigenvalue weighted by Gasteiger charge is -2.21. The van der Waals surface area contributed by atoms with Gasteiger partial charge in [0.15, 0.2) is 0 Å². The van der Waals surface area contributed by atoms with Gasteiger partial charge >= 0.3 is 0 Å². The van der Waals surface area contributed by atoms with Crippen LogP contribution in [0.4, 0.5) is 0 Å². The highest BCUT2D eigenvalue weighted by Crippen LogP contribution is 2.18. The molecule has 5 heteroatoms. The number of carbonyl (C=O) groups excluding carboxylic acids is 1. The summed E-state index contributed by atoms with van der Waals surface area (Å²) in [6.45, 7) is 4.21. The number of allylic oxidation sites excluding steroid dienone is 3. The second-order valence-corrected chi connectivity index (χ2v) is 19.5. The molecule has 0 spiro atoms. The number of hydrogen-bond donors (Lipinski definition) is 4. The quantitative estimate of drug-likeness (QED) is 0.0362. The summed E-state index contributed by atoms with van der Waals surface area (Å²) in [5.41, 5.74) is 0. The average Bonchev–Trinajstić information content (AvgIpc) is 3.28. The van der Waals surface area contributed by atoms with Gasteiger partial charge < -0.3 is 20.6 Å². The number of nitrogens with one attached hydrogen (secondary N) is 1. The second kappa shape index (κ2) is 52.5. The van der Waals surface area contributed by atoms with E-state index in [-0.39, 0.29) is 6.61 Å². The Morgan fingerprint density at radius 3 is 0.984 bits per heavy atom. The first-order valence-electron chi connectivity index (χ1n) is 28.2. The lowest BCUT2D eigenvalue weighted by molar-refractivity contribution is -0.131. The number of unbranched alkanes of at least 4 members (excludes halogenated alkanes) is 42. The van der Waals surface area contributed by atoms with Crippen LogP contribution in [0.25, 0.3) is 0 Å². The highest BCUT2D eigenvalue weighted by molar-refractivity contribution is 5.80. The monoisotopic (exact) mass is 874 g/mol. The average molecular weight is 875 g/mol. The molecular formula is C57H111NO4. The maximum absolute atomic E-state index is 12.5. The summed E-state index contributed by atoms with van der Waals surface area (Å²) in [6, 6.07) is -0.812. The maximum Gasteiger partial charge on any atom is 0.249 e. The van der Waals surface area contributed by atoms with Crippen LogP contribution in [0.15, 0.2) is 24.3 Å². The largest absolute Gasteiger partial charge is 0.394 e. The van der Waals surface area contributed by atoms with E-state index in [1.165, 1.54) is 250 Å². The molecule has 0 aliphatic heterocycles. The fraction of sp³-hybridized carbons (Fsp3) is 0.912. The van der Waals surface area contributed by atoms with Gasteiger partial charge in [0.1, 0.15) is 6.10 Å². The van der Waals surface area contributed by atoms with Gasteiger partial charge in [0.25, 0.3) is 0 Å². The van der Waals surface area contributed by atoms with E-state index in [0.717, 1.165) is 38.5 Å².